The van der Waals surface area contributed by atoms with Gasteiger partial charge in [-0.05, 0) is 24.3 Å². The standard InChI is InChI=1S/C22H24FNO5/c1-27-11-9-24(10-12-28-2)14-17-19(25)8-7-16-21(26)20(29-22(16)17)13-15-5-3-4-6-18(15)23/h3-8,13,25H,9-12,14H2,1-2H3/p+1/b20-13-. The Bertz CT molecular complexity index is 904. The van der Waals surface area contributed by atoms with Crippen LogP contribution in [0.15, 0.2) is 42.2 Å². The number of Topliss-reactive ketones (excluding diaryl/α,β-unsaturated/α-hetero) is 1. The van der Waals surface area contributed by atoms with E-state index >= 15 is 0 Å². The minimum absolute atomic E-state index is 0.0345. The van der Waals surface area contributed by atoms with Crippen molar-refractivity contribution in [1.82, 2.24) is 0 Å². The molecule has 154 valence electrons. The molecule has 7 heteroatoms. The zero-order chi connectivity index (χ0) is 20.8. The lowest BCUT2D eigenvalue weighted by Gasteiger charge is -2.20. The summed E-state index contributed by atoms with van der Waals surface area (Å²) in [5.74, 6) is -0.363. The summed E-state index contributed by atoms with van der Waals surface area (Å²) < 4.78 is 30.1. The minimum Gasteiger partial charge on any atom is -0.507 e. The van der Waals surface area contributed by atoms with Gasteiger partial charge in [0.25, 0.3) is 0 Å². The summed E-state index contributed by atoms with van der Waals surface area (Å²) in [7, 11) is 3.26. The quantitative estimate of drug-likeness (QED) is 0.627. The molecule has 2 aromatic rings. The van der Waals surface area contributed by atoms with Crippen LogP contribution in [0.3, 0.4) is 0 Å². The van der Waals surface area contributed by atoms with E-state index in [1.165, 1.54) is 24.3 Å². The Morgan fingerprint density at radius 3 is 2.45 bits per heavy atom. The summed E-state index contributed by atoms with van der Waals surface area (Å²) in [5.41, 5.74) is 1.16. The number of carbonyl (C=O) groups is 1. The molecule has 2 aromatic carbocycles. The molecule has 0 aliphatic carbocycles. The average molecular weight is 402 g/mol. The molecule has 0 spiro atoms. The van der Waals surface area contributed by atoms with Gasteiger partial charge in [0.05, 0.1) is 24.3 Å². The first-order chi connectivity index (χ1) is 14.0. The van der Waals surface area contributed by atoms with Crippen LogP contribution in [-0.2, 0) is 16.0 Å². The molecule has 29 heavy (non-hydrogen) atoms. The van der Waals surface area contributed by atoms with Crippen LogP contribution in [0.5, 0.6) is 11.5 Å². The number of ketones is 1. The number of methoxy groups -OCH3 is 2. The van der Waals surface area contributed by atoms with Gasteiger partial charge in [-0.25, -0.2) is 4.39 Å². The van der Waals surface area contributed by atoms with Gasteiger partial charge >= 0.3 is 0 Å². The summed E-state index contributed by atoms with van der Waals surface area (Å²) in [6.07, 6.45) is 1.39. The van der Waals surface area contributed by atoms with Crippen LogP contribution in [0.25, 0.3) is 6.08 Å². The molecule has 0 radical (unpaired) electrons. The van der Waals surface area contributed by atoms with Gasteiger partial charge in [-0.15, -0.1) is 0 Å². The van der Waals surface area contributed by atoms with Gasteiger partial charge in [-0.3, -0.25) is 4.79 Å². The fraction of sp³-hybridized carbons (Fsp3) is 0.318. The van der Waals surface area contributed by atoms with E-state index in [9.17, 15) is 14.3 Å². The largest absolute Gasteiger partial charge is 0.507 e. The number of quaternary nitrogens is 1. The van der Waals surface area contributed by atoms with Crippen molar-refractivity contribution < 1.29 is 33.4 Å². The van der Waals surface area contributed by atoms with Gasteiger partial charge in [0.1, 0.15) is 31.2 Å². The Morgan fingerprint density at radius 2 is 1.79 bits per heavy atom. The number of aromatic hydroxyl groups is 1. The van der Waals surface area contributed by atoms with E-state index < -0.39 is 5.82 Å². The zero-order valence-corrected chi connectivity index (χ0v) is 16.5. The number of carbonyl (C=O) groups excluding carboxylic acids is 1. The molecule has 3 rings (SSSR count). The Kier molecular flexibility index (Phi) is 6.98. The van der Waals surface area contributed by atoms with Gasteiger partial charge in [0.15, 0.2) is 11.5 Å². The average Bonchev–Trinajstić information content (AvgIpc) is 3.03. The van der Waals surface area contributed by atoms with Crippen molar-refractivity contribution in [2.24, 2.45) is 0 Å². The number of rotatable bonds is 9. The SMILES string of the molecule is COCC[NH+](CCOC)Cc1c(O)ccc2c1O/C(=C\c1ccccc1F)C2=O. The second-order valence-electron chi connectivity index (χ2n) is 6.81. The smallest absolute Gasteiger partial charge is 0.231 e. The molecule has 0 bridgehead atoms. The maximum atomic E-state index is 14.0. The first-order valence-electron chi connectivity index (χ1n) is 9.40. The number of nitrogens with one attached hydrogen (secondary N) is 1. The lowest BCUT2D eigenvalue weighted by Crippen LogP contribution is -3.11. The first-order valence-corrected chi connectivity index (χ1v) is 9.40. The van der Waals surface area contributed by atoms with Crippen molar-refractivity contribution >= 4 is 11.9 Å². The molecule has 0 amide bonds. The number of hydrogen-bond donors (Lipinski definition) is 2. The summed E-state index contributed by atoms with van der Waals surface area (Å²) in [6.45, 7) is 2.94. The Labute approximate surface area is 169 Å². The van der Waals surface area contributed by atoms with Crippen LogP contribution in [0.2, 0.25) is 0 Å². The lowest BCUT2D eigenvalue weighted by molar-refractivity contribution is -0.914. The van der Waals surface area contributed by atoms with Crippen LogP contribution < -0.4 is 9.64 Å². The predicted molar refractivity (Wildman–Crippen MR) is 106 cm³/mol. The molecule has 1 aliphatic rings. The molecule has 0 fully saturated rings. The predicted octanol–water partition coefficient (Wildman–Crippen LogP) is 1.83. The Hall–Kier alpha value is -2.74. The highest BCUT2D eigenvalue weighted by Crippen LogP contribution is 2.39. The number of phenolic OH excluding ortho intramolecular Hbond substituents is 1. The number of phenols is 1. The van der Waals surface area contributed by atoms with E-state index in [1.807, 2.05) is 0 Å². The van der Waals surface area contributed by atoms with E-state index in [1.54, 1.807) is 32.4 Å². The number of ether oxygens (including phenoxy) is 3. The Morgan fingerprint density at radius 1 is 1.10 bits per heavy atom. The van der Waals surface area contributed by atoms with Gasteiger partial charge in [-0.1, -0.05) is 18.2 Å². The molecule has 0 aromatic heterocycles. The highest BCUT2D eigenvalue weighted by Gasteiger charge is 2.32. The zero-order valence-electron chi connectivity index (χ0n) is 16.5. The third kappa shape index (κ3) is 4.82. The summed E-state index contributed by atoms with van der Waals surface area (Å²) >= 11 is 0. The van der Waals surface area contributed by atoms with E-state index in [2.05, 4.69) is 0 Å². The van der Waals surface area contributed by atoms with Crippen molar-refractivity contribution in [2.45, 2.75) is 6.54 Å². The number of fused-ring (bicyclic) bond motifs is 1. The number of hydrogen-bond acceptors (Lipinski definition) is 5. The summed E-state index contributed by atoms with van der Waals surface area (Å²) in [4.78, 5) is 13.9. The van der Waals surface area contributed by atoms with Crippen molar-refractivity contribution in [3.05, 3.63) is 64.7 Å². The van der Waals surface area contributed by atoms with Crippen molar-refractivity contribution in [3.8, 4) is 11.5 Å². The van der Waals surface area contributed by atoms with Crippen molar-refractivity contribution in [1.29, 1.82) is 0 Å². The third-order valence-electron chi connectivity index (χ3n) is 4.85. The minimum atomic E-state index is -0.440. The molecule has 0 saturated heterocycles. The van der Waals surface area contributed by atoms with Crippen molar-refractivity contribution in [3.63, 3.8) is 0 Å². The van der Waals surface area contributed by atoms with E-state index in [-0.39, 0.29) is 22.9 Å². The third-order valence-corrected chi connectivity index (χ3v) is 4.85. The van der Waals surface area contributed by atoms with Gasteiger partial charge < -0.3 is 24.2 Å². The van der Waals surface area contributed by atoms with Crippen LogP contribution in [0.1, 0.15) is 21.5 Å². The molecule has 1 aliphatic heterocycles. The molecule has 1 heterocycles. The van der Waals surface area contributed by atoms with Crippen LogP contribution in [0.4, 0.5) is 4.39 Å². The maximum absolute atomic E-state index is 14.0. The second kappa shape index (κ2) is 9.65. The molecule has 2 N–H and O–H groups in total. The number of halogens is 1. The van der Waals surface area contributed by atoms with E-state index in [0.29, 0.717) is 49.7 Å². The summed E-state index contributed by atoms with van der Waals surface area (Å²) in [6, 6.07) is 9.18. The van der Waals surface area contributed by atoms with E-state index in [0.717, 1.165) is 4.90 Å². The highest BCUT2D eigenvalue weighted by molar-refractivity contribution is 6.15. The van der Waals surface area contributed by atoms with Gasteiger partial charge in [0.2, 0.25) is 5.78 Å². The second-order valence-corrected chi connectivity index (χ2v) is 6.81. The Balaban J connectivity index is 1.90. The molecule has 6 nitrogen and oxygen atoms in total. The molecule has 0 saturated carbocycles. The van der Waals surface area contributed by atoms with Gasteiger partial charge in [0, 0.05) is 19.8 Å². The molecule has 0 unspecified atom stereocenters. The molecular weight excluding hydrogens is 377 g/mol. The van der Waals surface area contributed by atoms with Crippen LogP contribution in [0, 0.1) is 5.82 Å². The highest BCUT2D eigenvalue weighted by atomic mass is 19.1. The normalized spacial score (nSPS) is 14.5. The molecular formula is C22H25FNO5+. The van der Waals surface area contributed by atoms with Crippen LogP contribution in [-0.4, -0.2) is 51.4 Å². The lowest BCUT2D eigenvalue weighted by atomic mass is 10.0. The van der Waals surface area contributed by atoms with Gasteiger partial charge in [-0.2, -0.15) is 0 Å². The van der Waals surface area contributed by atoms with Crippen LogP contribution >= 0.6 is 0 Å². The van der Waals surface area contributed by atoms with E-state index in [4.69, 9.17) is 14.2 Å². The maximum Gasteiger partial charge on any atom is 0.231 e. The number of benzene rings is 2. The fourth-order valence-electron chi connectivity index (χ4n) is 3.25. The fourth-order valence-corrected chi connectivity index (χ4v) is 3.25. The number of allylic oxidation sites excluding steroid dienone is 1. The van der Waals surface area contributed by atoms with Crippen molar-refractivity contribution in [2.75, 3.05) is 40.5 Å². The molecule has 0 atom stereocenters. The first kappa shape index (κ1) is 21.0. The topological polar surface area (TPSA) is 69.4 Å². The summed E-state index contributed by atoms with van der Waals surface area (Å²) in [5, 5.41) is 10.4. The monoisotopic (exact) mass is 402 g/mol.